The molecule has 0 N–H and O–H groups in total. The van der Waals surface area contributed by atoms with Crippen molar-refractivity contribution < 1.29 is 0 Å². The third-order valence-corrected chi connectivity index (χ3v) is 25.4. The molecular formula is C103H105N3. The molecule has 0 amide bonds. The van der Waals surface area contributed by atoms with E-state index in [1.165, 1.54) is 282 Å². The molecule has 0 aromatic heterocycles. The van der Waals surface area contributed by atoms with Gasteiger partial charge in [0.05, 0.1) is 5.41 Å². The van der Waals surface area contributed by atoms with Gasteiger partial charge in [-0.1, -0.05) is 238 Å². The molecule has 18 rings (SSSR count). The fraction of sp³-hybridized carbons (Fsp3) is 0.320. The highest BCUT2D eigenvalue weighted by molar-refractivity contribution is 5.99. The Hall–Kier alpha value is -9.70. The van der Waals surface area contributed by atoms with E-state index in [1.54, 1.807) is 27.9 Å². The molecule has 0 atom stereocenters. The fourth-order valence-corrected chi connectivity index (χ4v) is 19.9. The van der Waals surface area contributed by atoms with Crippen LogP contribution in [0.15, 0.2) is 252 Å². The van der Waals surface area contributed by atoms with E-state index < -0.39 is 5.41 Å². The summed E-state index contributed by atoms with van der Waals surface area (Å²) >= 11 is 0. The second kappa shape index (κ2) is 31.0. The molecule has 6 fully saturated rings. The monoisotopic (exact) mass is 1380 g/mol. The number of hydrogen-bond donors (Lipinski definition) is 0. The van der Waals surface area contributed by atoms with Crippen LogP contribution in [0.3, 0.4) is 0 Å². The zero-order chi connectivity index (χ0) is 70.6. The highest BCUT2D eigenvalue weighted by atomic mass is 15.2. The molecule has 106 heavy (non-hydrogen) atoms. The van der Waals surface area contributed by atoms with Crippen LogP contribution in [0.1, 0.15) is 248 Å². The van der Waals surface area contributed by atoms with E-state index in [1.807, 2.05) is 0 Å². The lowest BCUT2D eigenvalue weighted by Crippen LogP contribution is -2.27. The van der Waals surface area contributed by atoms with Crippen molar-refractivity contribution in [1.82, 2.24) is 0 Å². The van der Waals surface area contributed by atoms with Gasteiger partial charge in [-0.3, -0.25) is 0 Å². The smallest absolute Gasteiger partial charge is 0.0727 e. The lowest BCUT2D eigenvalue weighted by atomic mass is 9.70. The number of rotatable bonds is 16. The second-order valence-electron chi connectivity index (χ2n) is 32.6. The van der Waals surface area contributed by atoms with E-state index >= 15 is 0 Å². The summed E-state index contributed by atoms with van der Waals surface area (Å²) in [6.45, 7) is 0. The SMILES string of the molecule is C(=C1CCCCC1)c1ccc(N(c2ccc(CC3CCCCC3)cc2)c2ccc3c(c2)C2(c4ccccc4-3)c3cc(N(c4ccc(C=C5CCCCC5)cc4)c4ccc(C=C5CCCCC5)cc4)ccc3-c3ccc(N(c4ccc(C=C5CCCCC5)cc4)c4ccc(C=C5CCCCC5)cc4)cc32)cc1. The van der Waals surface area contributed by atoms with Gasteiger partial charge in [0.25, 0.3) is 0 Å². The first-order chi connectivity index (χ1) is 52.5. The van der Waals surface area contributed by atoms with Crippen molar-refractivity contribution in [2.75, 3.05) is 14.7 Å². The molecule has 532 valence electrons. The van der Waals surface area contributed by atoms with Crippen molar-refractivity contribution in [3.63, 3.8) is 0 Å². The summed E-state index contributed by atoms with van der Waals surface area (Å²) in [4.78, 5) is 7.66. The zero-order valence-electron chi connectivity index (χ0n) is 62.6. The molecule has 6 saturated carbocycles. The Bertz CT molecular complexity index is 4570. The first-order valence-electron chi connectivity index (χ1n) is 41.5. The highest BCUT2D eigenvalue weighted by Crippen LogP contribution is 2.65. The number of fused-ring (bicyclic) bond motifs is 10. The van der Waals surface area contributed by atoms with E-state index in [9.17, 15) is 0 Å². The van der Waals surface area contributed by atoms with E-state index in [4.69, 9.17) is 0 Å². The van der Waals surface area contributed by atoms with Gasteiger partial charge in [-0.15, -0.1) is 0 Å². The number of allylic oxidation sites excluding steroid dienone is 5. The van der Waals surface area contributed by atoms with Gasteiger partial charge < -0.3 is 14.7 Å². The largest absolute Gasteiger partial charge is 0.310 e. The second-order valence-corrected chi connectivity index (χ2v) is 32.6. The number of benzene rings is 10. The maximum Gasteiger partial charge on any atom is 0.0727 e. The Kier molecular flexibility index (Phi) is 19.9. The predicted octanol–water partition coefficient (Wildman–Crippen LogP) is 30.3. The van der Waals surface area contributed by atoms with Crippen LogP contribution in [0.5, 0.6) is 0 Å². The van der Waals surface area contributed by atoms with Crippen molar-refractivity contribution in [3.05, 3.63) is 308 Å². The Balaban J connectivity index is 0.832. The first kappa shape index (κ1) is 68.1. The summed E-state index contributed by atoms with van der Waals surface area (Å²) < 4.78 is 0. The van der Waals surface area contributed by atoms with Gasteiger partial charge in [0.1, 0.15) is 0 Å². The van der Waals surface area contributed by atoms with Crippen LogP contribution < -0.4 is 14.7 Å². The summed E-state index contributed by atoms with van der Waals surface area (Å²) in [5, 5.41) is 0. The van der Waals surface area contributed by atoms with Gasteiger partial charge >= 0.3 is 0 Å². The first-order valence-corrected chi connectivity index (χ1v) is 41.5. The molecule has 0 aliphatic heterocycles. The number of hydrogen-bond acceptors (Lipinski definition) is 3. The summed E-state index contributed by atoms with van der Waals surface area (Å²) in [6, 6.07) is 89.4. The van der Waals surface area contributed by atoms with Crippen LogP contribution in [-0.4, -0.2) is 0 Å². The Morgan fingerprint density at radius 1 is 0.236 bits per heavy atom. The quantitative estimate of drug-likeness (QED) is 0.0955. The normalized spacial score (nSPS) is 17.6. The Morgan fingerprint density at radius 2 is 0.481 bits per heavy atom. The lowest BCUT2D eigenvalue weighted by Gasteiger charge is -2.34. The summed E-state index contributed by atoms with van der Waals surface area (Å²) in [6.07, 6.45) is 52.0. The molecule has 0 unspecified atom stereocenters. The third kappa shape index (κ3) is 14.2. The maximum absolute atomic E-state index is 2.62. The average molecular weight is 1380 g/mol. The van der Waals surface area contributed by atoms with Crippen LogP contribution >= 0.6 is 0 Å². The molecule has 8 aliphatic carbocycles. The van der Waals surface area contributed by atoms with Crippen LogP contribution in [0, 0.1) is 5.92 Å². The summed E-state index contributed by atoms with van der Waals surface area (Å²) in [7, 11) is 0. The van der Waals surface area contributed by atoms with Gasteiger partial charge in [0.2, 0.25) is 0 Å². The number of anilines is 9. The van der Waals surface area contributed by atoms with E-state index in [0.717, 1.165) is 52.2 Å². The zero-order valence-corrected chi connectivity index (χ0v) is 62.6. The molecule has 10 aromatic rings. The molecule has 8 aliphatic rings. The van der Waals surface area contributed by atoms with Crippen molar-refractivity contribution in [2.24, 2.45) is 5.92 Å². The van der Waals surface area contributed by atoms with E-state index in [2.05, 4.69) is 270 Å². The molecule has 0 saturated heterocycles. The van der Waals surface area contributed by atoms with E-state index in [-0.39, 0.29) is 0 Å². The van der Waals surface area contributed by atoms with E-state index in [0.29, 0.717) is 0 Å². The van der Waals surface area contributed by atoms with Crippen molar-refractivity contribution in [3.8, 4) is 22.3 Å². The van der Waals surface area contributed by atoms with Crippen LogP contribution in [-0.2, 0) is 11.8 Å². The van der Waals surface area contributed by atoms with Gasteiger partial charge in [-0.25, -0.2) is 0 Å². The maximum atomic E-state index is 2.62. The number of nitrogens with zero attached hydrogens (tertiary/aromatic N) is 3. The molecule has 0 radical (unpaired) electrons. The average Bonchev–Trinajstić information content (AvgIpc) is 1.50. The molecule has 0 bridgehead atoms. The Labute approximate surface area is 632 Å². The minimum atomic E-state index is -0.736. The molecule has 3 heteroatoms. The third-order valence-electron chi connectivity index (χ3n) is 25.4. The standard InChI is InChI=1S/C103H105N3/c1-7-21-74(22-8-1)65-80-35-47-86(48-36-80)104(87-49-37-81(38-50-87)66-75-23-9-2-10-24-75)92-59-62-96-95-33-19-20-34-99(95)103(100(96)71-92)101-72-93(105(88-51-39-82(40-52-88)67-76-25-11-3-12-26-76)89-53-41-83(42-54-89)68-77-27-13-4-14-28-77)60-63-97(101)98-64-61-94(73-102(98)103)106(90-55-43-84(44-56-90)69-78-29-15-5-16-30-78)91-57-45-85(46-58-91)70-79-31-17-6-18-32-79/h19-20,33-65,67-73,75H,1-18,21-32,66H2. The minimum Gasteiger partial charge on any atom is -0.310 e. The van der Waals surface area contributed by atoms with Gasteiger partial charge in [0.15, 0.2) is 0 Å². The van der Waals surface area contributed by atoms with Gasteiger partial charge in [-0.05, 0) is 328 Å². The van der Waals surface area contributed by atoms with Crippen molar-refractivity contribution in [2.45, 2.75) is 204 Å². The van der Waals surface area contributed by atoms with Gasteiger partial charge in [0, 0.05) is 51.2 Å². The molecule has 3 nitrogen and oxygen atoms in total. The minimum absolute atomic E-state index is 0.736. The Morgan fingerprint density at radius 3 is 0.774 bits per heavy atom. The summed E-state index contributed by atoms with van der Waals surface area (Å²) in [5.74, 6) is 0.765. The fourth-order valence-electron chi connectivity index (χ4n) is 19.9. The lowest BCUT2D eigenvalue weighted by molar-refractivity contribution is 0.356. The van der Waals surface area contributed by atoms with Crippen molar-refractivity contribution in [1.29, 1.82) is 0 Å². The van der Waals surface area contributed by atoms with Crippen LogP contribution in [0.25, 0.3) is 52.6 Å². The van der Waals surface area contributed by atoms with Crippen LogP contribution in [0.4, 0.5) is 51.2 Å². The molecule has 0 heterocycles. The van der Waals surface area contributed by atoms with Crippen molar-refractivity contribution >= 4 is 81.6 Å². The van der Waals surface area contributed by atoms with Crippen LogP contribution in [0.2, 0.25) is 0 Å². The summed E-state index contributed by atoms with van der Waals surface area (Å²) in [5.41, 5.74) is 35.9. The predicted molar refractivity (Wildman–Crippen MR) is 452 cm³/mol. The molecule has 1 spiro atoms. The topological polar surface area (TPSA) is 9.72 Å². The highest BCUT2D eigenvalue weighted by Gasteiger charge is 2.52. The molecule has 10 aromatic carbocycles. The van der Waals surface area contributed by atoms with Gasteiger partial charge in [-0.2, -0.15) is 0 Å². The molecular weight excluding hydrogens is 1280 g/mol.